The number of carboxylic acid groups (broad SMARTS) is 1. The number of hydrogen-bond donors (Lipinski definition) is 1. The Bertz CT molecular complexity index is 1890. The second kappa shape index (κ2) is 13.4. The number of nitrogens with zero attached hydrogens (tertiary/aromatic N) is 5. The average Bonchev–Trinajstić information content (AvgIpc) is 3.63. The Hall–Kier alpha value is -4.55. The Morgan fingerprint density at radius 2 is 1.83 bits per heavy atom. The Labute approximate surface area is 267 Å². The minimum atomic E-state index is -1.22. The van der Waals surface area contributed by atoms with Crippen LogP contribution in [0.1, 0.15) is 47.2 Å². The first-order valence-corrected chi connectivity index (χ1v) is 15.2. The van der Waals surface area contributed by atoms with Gasteiger partial charge in [-0.25, -0.2) is 27.9 Å². The van der Waals surface area contributed by atoms with Crippen LogP contribution in [0, 0.1) is 17.5 Å². The lowest BCUT2D eigenvalue weighted by Crippen LogP contribution is -2.38. The normalized spacial score (nSPS) is 14.2. The number of likely N-dealkylation sites (tertiary alicyclic amines) is 1. The summed E-state index contributed by atoms with van der Waals surface area (Å²) in [6.07, 6.45) is 4.66. The van der Waals surface area contributed by atoms with E-state index in [2.05, 4.69) is 14.9 Å². The molecule has 0 unspecified atom stereocenters. The van der Waals surface area contributed by atoms with Gasteiger partial charge < -0.3 is 23.7 Å². The van der Waals surface area contributed by atoms with Crippen molar-refractivity contribution in [2.75, 3.05) is 13.1 Å². The number of benzene rings is 3. The number of carbonyl (C=O) groups is 1. The predicted molar refractivity (Wildman–Crippen MR) is 165 cm³/mol. The standard InChI is InChI=1S/C33H31ClF3N5O4/c1-2-41-19-38-15-23(41)16-42-29-12-21(33(43)44)11-28(37)32(29)39-31(42)17-40-9-7-24(8-10-40)46-25-5-6-26(35)30(14-25)45-18-20-3-4-22(34)13-27(20)36/h3-6,11-15,19,24H,2,7-10,16-18H2,1H3,(H,43,44). The van der Waals surface area contributed by atoms with Gasteiger partial charge in [-0.15, -0.1) is 0 Å². The van der Waals surface area contributed by atoms with Crippen molar-refractivity contribution in [2.24, 2.45) is 0 Å². The first-order chi connectivity index (χ1) is 22.2. The van der Waals surface area contributed by atoms with Gasteiger partial charge in [0.05, 0.1) is 36.2 Å². The lowest BCUT2D eigenvalue weighted by atomic mass is 10.1. The number of imidazole rings is 2. The van der Waals surface area contributed by atoms with Crippen molar-refractivity contribution < 1.29 is 32.5 Å². The quantitative estimate of drug-likeness (QED) is 0.170. The number of piperidine rings is 1. The van der Waals surface area contributed by atoms with Crippen LogP contribution in [-0.2, 0) is 26.2 Å². The Morgan fingerprint density at radius 1 is 1.02 bits per heavy atom. The maximum absolute atomic E-state index is 15.0. The molecular weight excluding hydrogens is 623 g/mol. The van der Waals surface area contributed by atoms with Gasteiger partial charge in [0.2, 0.25) is 0 Å². The SMILES string of the molecule is CCn1cncc1Cn1c(CN2CCC(Oc3ccc(F)c(OCc4ccc(Cl)cc4F)c3)CC2)nc2c(F)cc(C(=O)O)cc21. The van der Waals surface area contributed by atoms with Crippen molar-refractivity contribution in [2.45, 2.75) is 52.1 Å². The molecule has 1 aliphatic rings. The third-order valence-electron chi connectivity index (χ3n) is 8.10. The molecule has 6 rings (SSSR count). The molecular formula is C33H31ClF3N5O4. The molecule has 0 amide bonds. The van der Waals surface area contributed by atoms with Gasteiger partial charge in [-0.2, -0.15) is 0 Å². The fourth-order valence-electron chi connectivity index (χ4n) is 5.62. The molecule has 1 aliphatic heterocycles. The average molecular weight is 654 g/mol. The predicted octanol–water partition coefficient (Wildman–Crippen LogP) is 6.69. The number of halogens is 4. The number of aryl methyl sites for hydroxylation is 1. The summed E-state index contributed by atoms with van der Waals surface area (Å²) in [6.45, 7) is 4.60. The van der Waals surface area contributed by atoms with Crippen molar-refractivity contribution in [1.82, 2.24) is 24.0 Å². The Morgan fingerprint density at radius 3 is 2.57 bits per heavy atom. The molecule has 240 valence electrons. The first-order valence-electron chi connectivity index (χ1n) is 14.8. The van der Waals surface area contributed by atoms with Crippen LogP contribution in [-0.4, -0.2) is 54.3 Å². The van der Waals surface area contributed by atoms with E-state index in [0.29, 0.717) is 62.7 Å². The van der Waals surface area contributed by atoms with E-state index in [4.69, 9.17) is 21.1 Å². The van der Waals surface area contributed by atoms with E-state index >= 15 is 4.39 Å². The molecule has 0 aliphatic carbocycles. The largest absolute Gasteiger partial charge is 0.490 e. The summed E-state index contributed by atoms with van der Waals surface area (Å²) in [5, 5.41) is 9.80. The summed E-state index contributed by atoms with van der Waals surface area (Å²) in [5.41, 5.74) is 1.51. The van der Waals surface area contributed by atoms with Gasteiger partial charge >= 0.3 is 5.97 Å². The van der Waals surface area contributed by atoms with Gasteiger partial charge in [-0.3, -0.25) is 4.90 Å². The zero-order chi connectivity index (χ0) is 32.4. The highest BCUT2D eigenvalue weighted by molar-refractivity contribution is 6.30. The Balaban J connectivity index is 1.13. The van der Waals surface area contributed by atoms with Crippen LogP contribution in [0.15, 0.2) is 61.1 Å². The molecule has 13 heteroatoms. The van der Waals surface area contributed by atoms with Crippen molar-refractivity contribution in [3.63, 3.8) is 0 Å². The van der Waals surface area contributed by atoms with E-state index in [9.17, 15) is 18.7 Å². The summed E-state index contributed by atoms with van der Waals surface area (Å²) in [5.74, 6) is -2.04. The number of aromatic carboxylic acids is 1. The molecule has 9 nitrogen and oxygen atoms in total. The van der Waals surface area contributed by atoms with E-state index in [-0.39, 0.29) is 40.1 Å². The lowest BCUT2D eigenvalue weighted by molar-refractivity contribution is 0.0696. The molecule has 0 atom stereocenters. The van der Waals surface area contributed by atoms with E-state index < -0.39 is 23.4 Å². The van der Waals surface area contributed by atoms with Crippen LogP contribution in [0.25, 0.3) is 11.0 Å². The maximum atomic E-state index is 15.0. The van der Waals surface area contributed by atoms with Crippen molar-refractivity contribution in [3.8, 4) is 11.5 Å². The molecule has 3 aromatic carbocycles. The van der Waals surface area contributed by atoms with Gasteiger partial charge in [0.15, 0.2) is 17.4 Å². The topological polar surface area (TPSA) is 94.6 Å². The second-order valence-corrected chi connectivity index (χ2v) is 11.6. The smallest absolute Gasteiger partial charge is 0.335 e. The molecule has 1 fully saturated rings. The molecule has 0 saturated carbocycles. The molecule has 3 heterocycles. The van der Waals surface area contributed by atoms with Crippen LogP contribution in [0.4, 0.5) is 13.2 Å². The third kappa shape index (κ3) is 6.82. The first kappa shape index (κ1) is 31.4. The molecule has 5 aromatic rings. The number of aromatic nitrogens is 4. The fourth-order valence-corrected chi connectivity index (χ4v) is 5.77. The highest BCUT2D eigenvalue weighted by atomic mass is 35.5. The number of ether oxygens (including phenoxy) is 2. The highest BCUT2D eigenvalue weighted by Crippen LogP contribution is 2.29. The van der Waals surface area contributed by atoms with Gasteiger partial charge in [-0.1, -0.05) is 17.7 Å². The van der Waals surface area contributed by atoms with Gasteiger partial charge in [0.25, 0.3) is 0 Å². The summed E-state index contributed by atoms with van der Waals surface area (Å²) < 4.78 is 59.2. The molecule has 0 radical (unpaired) electrons. The van der Waals surface area contributed by atoms with Crippen LogP contribution in [0.2, 0.25) is 5.02 Å². The second-order valence-electron chi connectivity index (χ2n) is 11.1. The molecule has 0 spiro atoms. The zero-order valence-corrected chi connectivity index (χ0v) is 25.7. The minimum absolute atomic E-state index is 0.0501. The summed E-state index contributed by atoms with van der Waals surface area (Å²) >= 11 is 5.80. The van der Waals surface area contributed by atoms with Crippen LogP contribution < -0.4 is 9.47 Å². The maximum Gasteiger partial charge on any atom is 0.335 e. The number of carboxylic acids is 1. The molecule has 0 bridgehead atoms. The number of hydrogen-bond acceptors (Lipinski definition) is 6. The molecule has 1 saturated heterocycles. The van der Waals surface area contributed by atoms with E-state index in [1.54, 1.807) is 12.5 Å². The van der Waals surface area contributed by atoms with Crippen LogP contribution in [0.3, 0.4) is 0 Å². The summed E-state index contributed by atoms with van der Waals surface area (Å²) in [6, 6.07) is 10.9. The highest BCUT2D eigenvalue weighted by Gasteiger charge is 2.25. The van der Waals surface area contributed by atoms with E-state index in [0.717, 1.165) is 11.8 Å². The third-order valence-corrected chi connectivity index (χ3v) is 8.33. The number of rotatable bonds is 11. The van der Waals surface area contributed by atoms with Gasteiger partial charge in [0.1, 0.15) is 35.6 Å². The Kier molecular flexibility index (Phi) is 9.18. The summed E-state index contributed by atoms with van der Waals surface area (Å²) in [7, 11) is 0. The fraction of sp³-hybridized carbons (Fsp3) is 0.303. The van der Waals surface area contributed by atoms with Crippen LogP contribution in [0.5, 0.6) is 11.5 Å². The lowest BCUT2D eigenvalue weighted by Gasteiger charge is -2.32. The van der Waals surface area contributed by atoms with Gasteiger partial charge in [-0.05, 0) is 56.2 Å². The molecule has 2 aromatic heterocycles. The zero-order valence-electron chi connectivity index (χ0n) is 24.9. The molecule has 1 N–H and O–H groups in total. The van der Waals surface area contributed by atoms with Crippen molar-refractivity contribution >= 4 is 28.6 Å². The summed E-state index contributed by atoms with van der Waals surface area (Å²) in [4.78, 5) is 22.7. The van der Waals surface area contributed by atoms with E-state index in [1.165, 1.54) is 42.5 Å². The van der Waals surface area contributed by atoms with Crippen LogP contribution >= 0.6 is 11.6 Å². The van der Waals surface area contributed by atoms with E-state index in [1.807, 2.05) is 16.1 Å². The monoisotopic (exact) mass is 653 g/mol. The minimum Gasteiger partial charge on any atom is -0.490 e. The van der Waals surface area contributed by atoms with Crippen molar-refractivity contribution in [3.05, 3.63) is 106 Å². The van der Waals surface area contributed by atoms with Gasteiger partial charge in [0, 0.05) is 42.5 Å². The molecule has 46 heavy (non-hydrogen) atoms. The van der Waals surface area contributed by atoms with Crippen molar-refractivity contribution in [1.29, 1.82) is 0 Å². The number of fused-ring (bicyclic) bond motifs is 1.